The SMILES string of the molecule is CN(C)CCNCc1ccc2cc(Br)ccc2c1. The average Bonchev–Trinajstić information content (AvgIpc) is 2.34. The summed E-state index contributed by atoms with van der Waals surface area (Å²) in [6, 6.07) is 13.0. The third-order valence-corrected chi connectivity index (χ3v) is 3.42. The van der Waals surface area contributed by atoms with Crippen molar-refractivity contribution in [2.75, 3.05) is 27.2 Å². The van der Waals surface area contributed by atoms with Crippen molar-refractivity contribution in [3.8, 4) is 0 Å². The Morgan fingerprint density at radius 1 is 1.06 bits per heavy atom. The molecule has 2 aromatic rings. The summed E-state index contributed by atoms with van der Waals surface area (Å²) in [6.07, 6.45) is 0. The lowest BCUT2D eigenvalue weighted by Gasteiger charge is -2.10. The van der Waals surface area contributed by atoms with E-state index in [1.807, 2.05) is 0 Å². The Balaban J connectivity index is 1.99. The van der Waals surface area contributed by atoms with Crippen LogP contribution in [0.5, 0.6) is 0 Å². The predicted octanol–water partition coefficient (Wildman–Crippen LogP) is 3.25. The first-order valence-corrected chi connectivity index (χ1v) is 6.98. The topological polar surface area (TPSA) is 15.3 Å². The van der Waals surface area contributed by atoms with Crippen molar-refractivity contribution in [3.63, 3.8) is 0 Å². The predicted molar refractivity (Wildman–Crippen MR) is 81.9 cm³/mol. The van der Waals surface area contributed by atoms with E-state index in [1.165, 1.54) is 16.3 Å². The van der Waals surface area contributed by atoms with E-state index in [0.717, 1.165) is 24.1 Å². The summed E-state index contributed by atoms with van der Waals surface area (Å²) in [5, 5.41) is 6.03. The molecule has 0 amide bonds. The molecule has 3 heteroatoms. The van der Waals surface area contributed by atoms with Crippen LogP contribution in [0.25, 0.3) is 10.8 Å². The third kappa shape index (κ3) is 3.80. The van der Waals surface area contributed by atoms with E-state index >= 15 is 0 Å². The Kier molecular flexibility index (Phi) is 4.75. The van der Waals surface area contributed by atoms with E-state index in [2.05, 4.69) is 76.6 Å². The molecule has 0 aliphatic carbocycles. The van der Waals surface area contributed by atoms with Gasteiger partial charge in [-0.1, -0.05) is 34.1 Å². The van der Waals surface area contributed by atoms with Crippen LogP contribution in [0.1, 0.15) is 5.56 Å². The molecule has 0 aliphatic heterocycles. The average molecular weight is 307 g/mol. The highest BCUT2D eigenvalue weighted by molar-refractivity contribution is 9.10. The highest BCUT2D eigenvalue weighted by atomic mass is 79.9. The van der Waals surface area contributed by atoms with Crippen LogP contribution in [0.2, 0.25) is 0 Å². The molecule has 2 rings (SSSR count). The Morgan fingerprint density at radius 3 is 2.56 bits per heavy atom. The van der Waals surface area contributed by atoms with Gasteiger partial charge in [-0.2, -0.15) is 0 Å². The number of benzene rings is 2. The second-order valence-corrected chi connectivity index (χ2v) is 5.72. The van der Waals surface area contributed by atoms with Gasteiger partial charge in [0.05, 0.1) is 0 Å². The summed E-state index contributed by atoms with van der Waals surface area (Å²) in [7, 11) is 4.19. The Bertz CT molecular complexity index is 523. The zero-order valence-corrected chi connectivity index (χ0v) is 12.5. The molecule has 2 nitrogen and oxygen atoms in total. The van der Waals surface area contributed by atoms with Crippen LogP contribution in [0, 0.1) is 0 Å². The summed E-state index contributed by atoms with van der Waals surface area (Å²) >= 11 is 3.50. The molecule has 0 heterocycles. The monoisotopic (exact) mass is 306 g/mol. The van der Waals surface area contributed by atoms with Crippen molar-refractivity contribution in [3.05, 3.63) is 46.4 Å². The fourth-order valence-corrected chi connectivity index (χ4v) is 2.29. The molecule has 0 aliphatic rings. The number of fused-ring (bicyclic) bond motifs is 1. The summed E-state index contributed by atoms with van der Waals surface area (Å²) in [6.45, 7) is 3.02. The Morgan fingerprint density at radius 2 is 1.78 bits per heavy atom. The van der Waals surface area contributed by atoms with E-state index in [0.29, 0.717) is 0 Å². The lowest BCUT2D eigenvalue weighted by Crippen LogP contribution is -2.26. The summed E-state index contributed by atoms with van der Waals surface area (Å²) < 4.78 is 1.13. The van der Waals surface area contributed by atoms with Gasteiger partial charge in [-0.05, 0) is 48.6 Å². The molecule has 96 valence electrons. The number of hydrogen-bond donors (Lipinski definition) is 1. The molecule has 0 saturated heterocycles. The molecule has 0 aromatic heterocycles. The first kappa shape index (κ1) is 13.5. The molecule has 0 radical (unpaired) electrons. The van der Waals surface area contributed by atoms with Gasteiger partial charge >= 0.3 is 0 Å². The minimum absolute atomic E-state index is 0.930. The van der Waals surface area contributed by atoms with Gasteiger partial charge in [-0.25, -0.2) is 0 Å². The number of hydrogen-bond acceptors (Lipinski definition) is 2. The molecule has 0 atom stereocenters. The van der Waals surface area contributed by atoms with E-state index in [9.17, 15) is 0 Å². The van der Waals surface area contributed by atoms with Gasteiger partial charge in [0.15, 0.2) is 0 Å². The third-order valence-electron chi connectivity index (χ3n) is 2.93. The maximum absolute atomic E-state index is 3.50. The van der Waals surface area contributed by atoms with Crippen molar-refractivity contribution in [1.29, 1.82) is 0 Å². The summed E-state index contributed by atoms with van der Waals surface area (Å²) in [4.78, 5) is 2.19. The number of likely N-dealkylation sites (N-methyl/N-ethyl adjacent to an activating group) is 1. The highest BCUT2D eigenvalue weighted by Gasteiger charge is 1.98. The molecule has 0 unspecified atom stereocenters. The van der Waals surface area contributed by atoms with Crippen LogP contribution >= 0.6 is 15.9 Å². The van der Waals surface area contributed by atoms with Crippen molar-refractivity contribution in [2.45, 2.75) is 6.54 Å². The second-order valence-electron chi connectivity index (χ2n) is 4.81. The van der Waals surface area contributed by atoms with Gasteiger partial charge in [0, 0.05) is 24.1 Å². The molecule has 1 N–H and O–H groups in total. The maximum Gasteiger partial charge on any atom is 0.0206 e. The van der Waals surface area contributed by atoms with Gasteiger partial charge in [0.2, 0.25) is 0 Å². The van der Waals surface area contributed by atoms with E-state index < -0.39 is 0 Å². The molecule has 0 fully saturated rings. The lowest BCUT2D eigenvalue weighted by molar-refractivity contribution is 0.400. The Hall–Kier alpha value is -0.900. The first-order valence-electron chi connectivity index (χ1n) is 6.19. The van der Waals surface area contributed by atoms with Gasteiger partial charge in [0.1, 0.15) is 0 Å². The fourth-order valence-electron chi connectivity index (χ4n) is 1.91. The minimum atomic E-state index is 0.930. The Labute approximate surface area is 117 Å². The van der Waals surface area contributed by atoms with Crippen LogP contribution in [0.3, 0.4) is 0 Å². The molecule has 0 saturated carbocycles. The summed E-state index contributed by atoms with van der Waals surface area (Å²) in [5.41, 5.74) is 1.34. The van der Waals surface area contributed by atoms with Crippen LogP contribution in [-0.4, -0.2) is 32.1 Å². The molecule has 18 heavy (non-hydrogen) atoms. The molecular weight excluding hydrogens is 288 g/mol. The van der Waals surface area contributed by atoms with Crippen LogP contribution < -0.4 is 5.32 Å². The van der Waals surface area contributed by atoms with Crippen molar-refractivity contribution < 1.29 is 0 Å². The first-order chi connectivity index (χ1) is 8.65. The van der Waals surface area contributed by atoms with Gasteiger partial charge in [0.25, 0.3) is 0 Å². The van der Waals surface area contributed by atoms with E-state index in [1.54, 1.807) is 0 Å². The van der Waals surface area contributed by atoms with Gasteiger partial charge in [-0.15, -0.1) is 0 Å². The second kappa shape index (κ2) is 6.32. The number of rotatable bonds is 5. The van der Waals surface area contributed by atoms with Gasteiger partial charge < -0.3 is 10.2 Å². The summed E-state index contributed by atoms with van der Waals surface area (Å²) in [5.74, 6) is 0. The van der Waals surface area contributed by atoms with Crippen molar-refractivity contribution in [2.24, 2.45) is 0 Å². The molecule has 2 aromatic carbocycles. The van der Waals surface area contributed by atoms with Crippen LogP contribution in [0.4, 0.5) is 0 Å². The quantitative estimate of drug-likeness (QED) is 0.853. The fraction of sp³-hybridized carbons (Fsp3) is 0.333. The standard InChI is InChI=1S/C15H19BrN2/c1-18(2)8-7-17-11-12-3-4-14-10-15(16)6-5-13(14)9-12/h3-6,9-10,17H,7-8,11H2,1-2H3. The maximum atomic E-state index is 3.50. The zero-order valence-electron chi connectivity index (χ0n) is 10.9. The molecule has 0 bridgehead atoms. The number of nitrogens with zero attached hydrogens (tertiary/aromatic N) is 1. The van der Waals surface area contributed by atoms with Crippen LogP contribution in [-0.2, 0) is 6.54 Å². The number of halogens is 1. The zero-order chi connectivity index (χ0) is 13.0. The largest absolute Gasteiger partial charge is 0.311 e. The van der Waals surface area contributed by atoms with Crippen molar-refractivity contribution >= 4 is 26.7 Å². The molecular formula is C15H19BrN2. The normalized spacial score (nSPS) is 11.3. The smallest absolute Gasteiger partial charge is 0.0206 e. The van der Waals surface area contributed by atoms with Crippen molar-refractivity contribution in [1.82, 2.24) is 10.2 Å². The number of nitrogens with one attached hydrogen (secondary N) is 1. The van der Waals surface area contributed by atoms with Gasteiger partial charge in [-0.3, -0.25) is 0 Å². The lowest BCUT2D eigenvalue weighted by atomic mass is 10.1. The van der Waals surface area contributed by atoms with Crippen LogP contribution in [0.15, 0.2) is 40.9 Å². The minimum Gasteiger partial charge on any atom is -0.311 e. The molecule has 0 spiro atoms. The van der Waals surface area contributed by atoms with E-state index in [-0.39, 0.29) is 0 Å². The van der Waals surface area contributed by atoms with E-state index in [4.69, 9.17) is 0 Å². The highest BCUT2D eigenvalue weighted by Crippen LogP contribution is 2.20.